The first-order chi connectivity index (χ1) is 5.56. The maximum atomic E-state index is 10.2. The molecule has 12 heavy (non-hydrogen) atoms. The molecule has 0 rings (SSSR count). The van der Waals surface area contributed by atoms with Gasteiger partial charge in [-0.15, -0.1) is 0 Å². The standard InChI is InChI=1S/C8H14Br2O2/c1-2-6(9)5-7(10)3-4-8(11)12/h6-7H,2-5H2,1H3,(H,11,12). The van der Waals surface area contributed by atoms with Crippen LogP contribution in [-0.4, -0.2) is 20.7 Å². The average molecular weight is 302 g/mol. The van der Waals surface area contributed by atoms with Crippen molar-refractivity contribution in [1.82, 2.24) is 0 Å². The molecule has 0 spiro atoms. The summed E-state index contributed by atoms with van der Waals surface area (Å²) in [6, 6.07) is 0. The Morgan fingerprint density at radius 2 is 2.00 bits per heavy atom. The van der Waals surface area contributed by atoms with Crippen LogP contribution in [0.3, 0.4) is 0 Å². The van der Waals surface area contributed by atoms with Crippen LogP contribution in [0.15, 0.2) is 0 Å². The van der Waals surface area contributed by atoms with Crippen molar-refractivity contribution >= 4 is 37.8 Å². The zero-order chi connectivity index (χ0) is 9.56. The van der Waals surface area contributed by atoms with Crippen LogP contribution in [-0.2, 0) is 4.79 Å². The highest BCUT2D eigenvalue weighted by molar-refractivity contribution is 9.10. The van der Waals surface area contributed by atoms with Crippen molar-refractivity contribution in [1.29, 1.82) is 0 Å². The first kappa shape index (κ1) is 12.4. The van der Waals surface area contributed by atoms with Gasteiger partial charge in [0.05, 0.1) is 0 Å². The van der Waals surface area contributed by atoms with Crippen LogP contribution >= 0.6 is 31.9 Å². The number of hydrogen-bond acceptors (Lipinski definition) is 1. The van der Waals surface area contributed by atoms with E-state index in [9.17, 15) is 4.79 Å². The summed E-state index contributed by atoms with van der Waals surface area (Å²) in [6.07, 6.45) is 3.02. The molecule has 4 heteroatoms. The lowest BCUT2D eigenvalue weighted by atomic mass is 10.1. The molecule has 0 aromatic carbocycles. The molecule has 0 aliphatic carbocycles. The molecule has 0 saturated carbocycles. The van der Waals surface area contributed by atoms with Gasteiger partial charge in [-0.05, 0) is 19.3 Å². The van der Waals surface area contributed by atoms with Gasteiger partial charge in [0.25, 0.3) is 0 Å². The van der Waals surface area contributed by atoms with Crippen molar-refractivity contribution < 1.29 is 9.90 Å². The Hall–Kier alpha value is 0.430. The Balaban J connectivity index is 3.45. The third kappa shape index (κ3) is 7.10. The van der Waals surface area contributed by atoms with Gasteiger partial charge in [0.1, 0.15) is 0 Å². The van der Waals surface area contributed by atoms with E-state index in [1.54, 1.807) is 0 Å². The minimum absolute atomic E-state index is 0.249. The molecule has 0 aromatic rings. The van der Waals surface area contributed by atoms with E-state index in [2.05, 4.69) is 38.8 Å². The molecule has 0 radical (unpaired) electrons. The molecule has 0 amide bonds. The van der Waals surface area contributed by atoms with Gasteiger partial charge >= 0.3 is 5.97 Å². The second kappa shape index (κ2) is 6.89. The van der Waals surface area contributed by atoms with E-state index in [1.807, 2.05) is 0 Å². The van der Waals surface area contributed by atoms with Crippen LogP contribution in [0.5, 0.6) is 0 Å². The van der Waals surface area contributed by atoms with E-state index in [1.165, 1.54) is 0 Å². The van der Waals surface area contributed by atoms with E-state index < -0.39 is 5.97 Å². The Morgan fingerprint density at radius 3 is 2.42 bits per heavy atom. The number of aliphatic carboxylic acids is 1. The smallest absolute Gasteiger partial charge is 0.303 e. The maximum Gasteiger partial charge on any atom is 0.303 e. The second-order valence-corrected chi connectivity index (χ2v) is 5.36. The molecule has 2 nitrogen and oxygen atoms in total. The molecule has 0 aliphatic heterocycles. The third-order valence-electron chi connectivity index (χ3n) is 1.63. The molecule has 0 saturated heterocycles. The van der Waals surface area contributed by atoms with Gasteiger partial charge in [-0.1, -0.05) is 38.8 Å². The van der Waals surface area contributed by atoms with E-state index in [0.29, 0.717) is 16.1 Å². The SMILES string of the molecule is CCC(Br)CC(Br)CCC(=O)O. The van der Waals surface area contributed by atoms with Crippen molar-refractivity contribution in [2.75, 3.05) is 0 Å². The lowest BCUT2D eigenvalue weighted by Gasteiger charge is -2.11. The predicted octanol–water partition coefficient (Wildman–Crippen LogP) is 3.18. The van der Waals surface area contributed by atoms with Gasteiger partial charge in [-0.2, -0.15) is 0 Å². The average Bonchev–Trinajstić information content (AvgIpc) is 2.00. The summed E-state index contributed by atoms with van der Waals surface area (Å²) >= 11 is 6.96. The molecule has 0 heterocycles. The van der Waals surface area contributed by atoms with E-state index in [-0.39, 0.29) is 6.42 Å². The predicted molar refractivity (Wildman–Crippen MR) is 57.2 cm³/mol. The van der Waals surface area contributed by atoms with Crippen LogP contribution in [0, 0.1) is 0 Å². The quantitative estimate of drug-likeness (QED) is 0.765. The minimum atomic E-state index is -0.720. The van der Waals surface area contributed by atoms with Crippen molar-refractivity contribution in [3.63, 3.8) is 0 Å². The van der Waals surface area contributed by atoms with Gasteiger partial charge in [0.2, 0.25) is 0 Å². The third-order valence-corrected chi connectivity index (χ3v) is 3.48. The number of halogens is 2. The Kier molecular flexibility index (Phi) is 7.14. The zero-order valence-electron chi connectivity index (χ0n) is 7.09. The van der Waals surface area contributed by atoms with Gasteiger partial charge in [-0.3, -0.25) is 4.79 Å². The van der Waals surface area contributed by atoms with Crippen molar-refractivity contribution in [3.8, 4) is 0 Å². The molecule has 2 atom stereocenters. The van der Waals surface area contributed by atoms with Crippen LogP contribution in [0.25, 0.3) is 0 Å². The zero-order valence-corrected chi connectivity index (χ0v) is 10.3. The minimum Gasteiger partial charge on any atom is -0.481 e. The monoisotopic (exact) mass is 300 g/mol. The number of alkyl halides is 2. The van der Waals surface area contributed by atoms with E-state index >= 15 is 0 Å². The van der Waals surface area contributed by atoms with Crippen LogP contribution in [0.1, 0.15) is 32.6 Å². The van der Waals surface area contributed by atoms with Gasteiger partial charge in [0, 0.05) is 16.1 Å². The summed E-state index contributed by atoms with van der Waals surface area (Å²) in [5, 5.41) is 8.42. The normalized spacial score (nSPS) is 15.6. The largest absolute Gasteiger partial charge is 0.481 e. The molecule has 0 fully saturated rings. The number of hydrogen-bond donors (Lipinski definition) is 1. The Morgan fingerprint density at radius 1 is 1.42 bits per heavy atom. The summed E-state index contributed by atoms with van der Waals surface area (Å²) in [4.78, 5) is 11.0. The Labute approximate surface area is 90.0 Å². The van der Waals surface area contributed by atoms with Gasteiger partial charge in [-0.25, -0.2) is 0 Å². The Bertz CT molecular complexity index is 139. The lowest BCUT2D eigenvalue weighted by molar-refractivity contribution is -0.137. The topological polar surface area (TPSA) is 37.3 Å². The number of carbonyl (C=O) groups is 1. The number of rotatable bonds is 6. The van der Waals surface area contributed by atoms with Gasteiger partial charge < -0.3 is 5.11 Å². The van der Waals surface area contributed by atoms with Crippen molar-refractivity contribution in [3.05, 3.63) is 0 Å². The summed E-state index contributed by atoms with van der Waals surface area (Å²) in [5.41, 5.74) is 0. The molecule has 1 N–H and O–H groups in total. The molecule has 72 valence electrons. The fourth-order valence-electron chi connectivity index (χ4n) is 0.842. The second-order valence-electron chi connectivity index (χ2n) is 2.77. The molecule has 0 aliphatic rings. The highest BCUT2D eigenvalue weighted by Gasteiger charge is 2.11. The highest BCUT2D eigenvalue weighted by atomic mass is 79.9. The van der Waals surface area contributed by atoms with Crippen LogP contribution in [0.4, 0.5) is 0 Å². The summed E-state index contributed by atoms with van der Waals surface area (Å²) < 4.78 is 0. The first-order valence-electron chi connectivity index (χ1n) is 4.06. The summed E-state index contributed by atoms with van der Waals surface area (Å²) in [6.45, 7) is 2.11. The van der Waals surface area contributed by atoms with E-state index in [4.69, 9.17) is 5.11 Å². The molecular weight excluding hydrogens is 288 g/mol. The number of carboxylic acid groups (broad SMARTS) is 1. The van der Waals surface area contributed by atoms with Crippen LogP contribution < -0.4 is 0 Å². The van der Waals surface area contributed by atoms with E-state index in [0.717, 1.165) is 12.8 Å². The first-order valence-corrected chi connectivity index (χ1v) is 5.89. The maximum absolute atomic E-state index is 10.2. The lowest BCUT2D eigenvalue weighted by Crippen LogP contribution is -2.08. The summed E-state index contributed by atoms with van der Waals surface area (Å²) in [7, 11) is 0. The molecular formula is C8H14Br2O2. The highest BCUT2D eigenvalue weighted by Crippen LogP contribution is 2.20. The number of carboxylic acids is 1. The molecule has 0 aromatic heterocycles. The fourth-order valence-corrected chi connectivity index (χ4v) is 2.48. The fraction of sp³-hybridized carbons (Fsp3) is 0.875. The summed E-state index contributed by atoms with van der Waals surface area (Å²) in [5.74, 6) is -0.720. The molecule has 2 unspecified atom stereocenters. The van der Waals surface area contributed by atoms with Crippen LogP contribution in [0.2, 0.25) is 0 Å². The van der Waals surface area contributed by atoms with Gasteiger partial charge in [0.15, 0.2) is 0 Å². The van der Waals surface area contributed by atoms with Crippen molar-refractivity contribution in [2.24, 2.45) is 0 Å². The molecule has 0 bridgehead atoms. The van der Waals surface area contributed by atoms with Crippen molar-refractivity contribution in [2.45, 2.75) is 42.3 Å².